The van der Waals surface area contributed by atoms with E-state index < -0.39 is 0 Å². The highest BCUT2D eigenvalue weighted by atomic mass is 16.3. The molecule has 0 bridgehead atoms. The van der Waals surface area contributed by atoms with Gasteiger partial charge < -0.3 is 5.11 Å². The largest absolute Gasteiger partial charge is 0.508 e. The number of fused-ring (bicyclic) bond motifs is 1. The van der Waals surface area contributed by atoms with Gasteiger partial charge in [-0.2, -0.15) is 0 Å². The summed E-state index contributed by atoms with van der Waals surface area (Å²) in [6, 6.07) is 4.03. The van der Waals surface area contributed by atoms with E-state index in [1.54, 1.807) is 0 Å². The molecule has 86 valence electrons. The maximum atomic E-state index is 9.78. The highest BCUT2D eigenvalue weighted by Crippen LogP contribution is 2.43. The van der Waals surface area contributed by atoms with E-state index in [-0.39, 0.29) is 0 Å². The van der Waals surface area contributed by atoms with Gasteiger partial charge in [-0.3, -0.25) is 0 Å². The zero-order valence-electron chi connectivity index (χ0n) is 10.4. The zero-order valence-corrected chi connectivity index (χ0v) is 10.4. The molecule has 1 aliphatic carbocycles. The van der Waals surface area contributed by atoms with E-state index >= 15 is 0 Å². The maximum Gasteiger partial charge on any atom is 0.119 e. The van der Waals surface area contributed by atoms with Gasteiger partial charge in [-0.25, -0.2) is 0 Å². The van der Waals surface area contributed by atoms with Gasteiger partial charge >= 0.3 is 0 Å². The molecule has 0 fully saturated rings. The topological polar surface area (TPSA) is 20.2 Å². The first kappa shape index (κ1) is 11.3. The Morgan fingerprint density at radius 1 is 1.38 bits per heavy atom. The molecule has 0 heterocycles. The lowest BCUT2D eigenvalue weighted by molar-refractivity contribution is 0.454. The van der Waals surface area contributed by atoms with Crippen LogP contribution in [-0.2, 0) is 0 Å². The first-order valence-corrected chi connectivity index (χ1v) is 6.02. The number of hydrogen-bond donors (Lipinski definition) is 1. The van der Waals surface area contributed by atoms with Gasteiger partial charge in [-0.15, -0.1) is 0 Å². The fourth-order valence-electron chi connectivity index (χ4n) is 2.64. The maximum absolute atomic E-state index is 9.78. The summed E-state index contributed by atoms with van der Waals surface area (Å²) in [4.78, 5) is 0. The van der Waals surface area contributed by atoms with Crippen LogP contribution in [0.25, 0.3) is 5.57 Å². The van der Waals surface area contributed by atoms with Crippen molar-refractivity contribution in [1.29, 1.82) is 0 Å². The number of phenolic OH excluding ortho intramolecular Hbond substituents is 1. The van der Waals surface area contributed by atoms with Crippen molar-refractivity contribution in [2.45, 2.75) is 39.5 Å². The Morgan fingerprint density at radius 2 is 2.06 bits per heavy atom. The molecule has 1 aromatic rings. The Labute approximate surface area is 97.8 Å². The van der Waals surface area contributed by atoms with Crippen LogP contribution in [0.2, 0.25) is 0 Å². The second kappa shape index (κ2) is 3.97. The molecule has 1 heteroatoms. The molecule has 0 aromatic heterocycles. The van der Waals surface area contributed by atoms with Crippen molar-refractivity contribution in [3.63, 3.8) is 0 Å². The average Bonchev–Trinajstić information content (AvgIpc) is 2.21. The molecule has 1 aromatic carbocycles. The second-order valence-corrected chi connectivity index (χ2v) is 5.22. The summed E-state index contributed by atoms with van der Waals surface area (Å²) < 4.78 is 0. The van der Waals surface area contributed by atoms with Crippen LogP contribution in [0.5, 0.6) is 5.75 Å². The Balaban J connectivity index is 2.57. The minimum Gasteiger partial charge on any atom is -0.508 e. The molecule has 0 aliphatic heterocycles. The molecule has 1 aliphatic rings. The van der Waals surface area contributed by atoms with Crippen molar-refractivity contribution in [2.24, 2.45) is 5.92 Å². The predicted molar refractivity (Wildman–Crippen MR) is 68.7 cm³/mol. The van der Waals surface area contributed by atoms with E-state index in [4.69, 9.17) is 0 Å². The number of allylic oxidation sites excluding steroid dienone is 1. The summed E-state index contributed by atoms with van der Waals surface area (Å²) in [6.45, 7) is 10.6. The highest BCUT2D eigenvalue weighted by molar-refractivity contribution is 5.71. The lowest BCUT2D eigenvalue weighted by Crippen LogP contribution is -2.14. The van der Waals surface area contributed by atoms with Crippen LogP contribution in [-0.4, -0.2) is 5.11 Å². The molecule has 0 saturated carbocycles. The number of aryl methyl sites for hydroxylation is 1. The fraction of sp³-hybridized carbons (Fsp3) is 0.467. The first-order chi connectivity index (χ1) is 7.50. The van der Waals surface area contributed by atoms with Crippen molar-refractivity contribution < 1.29 is 5.11 Å². The monoisotopic (exact) mass is 216 g/mol. The first-order valence-electron chi connectivity index (χ1n) is 6.02. The van der Waals surface area contributed by atoms with Crippen LogP contribution in [0.4, 0.5) is 0 Å². The molecular weight excluding hydrogens is 196 g/mol. The van der Waals surface area contributed by atoms with Crippen LogP contribution in [0, 0.1) is 12.8 Å². The summed E-state index contributed by atoms with van der Waals surface area (Å²) >= 11 is 0. The molecule has 1 unspecified atom stereocenters. The third-order valence-corrected chi connectivity index (χ3v) is 3.71. The minimum absolute atomic E-state index is 0.393. The highest BCUT2D eigenvalue weighted by Gasteiger charge is 2.25. The number of phenols is 1. The molecule has 1 N–H and O–H groups in total. The molecule has 1 nitrogen and oxygen atoms in total. The Kier molecular flexibility index (Phi) is 2.79. The van der Waals surface area contributed by atoms with Crippen LogP contribution in [0.15, 0.2) is 18.7 Å². The SMILES string of the molecule is C=C1CCC(C(C)C)c2cc(C)c(O)cc21. The van der Waals surface area contributed by atoms with E-state index in [9.17, 15) is 5.11 Å². The molecule has 0 amide bonds. The smallest absolute Gasteiger partial charge is 0.119 e. The van der Waals surface area contributed by atoms with Crippen molar-refractivity contribution in [2.75, 3.05) is 0 Å². The second-order valence-electron chi connectivity index (χ2n) is 5.22. The Bertz CT molecular complexity index is 429. The Morgan fingerprint density at radius 3 is 2.69 bits per heavy atom. The summed E-state index contributed by atoms with van der Waals surface area (Å²) in [6.07, 6.45) is 2.24. The lowest BCUT2D eigenvalue weighted by atomic mass is 9.75. The van der Waals surface area contributed by atoms with Gasteiger partial charge in [-0.05, 0) is 59.9 Å². The molecule has 0 spiro atoms. The quantitative estimate of drug-likeness (QED) is 0.744. The van der Waals surface area contributed by atoms with Crippen molar-refractivity contribution in [3.8, 4) is 5.75 Å². The summed E-state index contributed by atoms with van der Waals surface area (Å²) in [5.74, 6) is 1.65. The number of aromatic hydroxyl groups is 1. The number of benzene rings is 1. The molecule has 0 saturated heterocycles. The van der Waals surface area contributed by atoms with Gasteiger partial charge in [0.2, 0.25) is 0 Å². The summed E-state index contributed by atoms with van der Waals surface area (Å²) in [5, 5.41) is 9.78. The fourth-order valence-corrected chi connectivity index (χ4v) is 2.64. The lowest BCUT2D eigenvalue weighted by Gasteiger charge is -2.30. The third-order valence-electron chi connectivity index (χ3n) is 3.71. The van der Waals surface area contributed by atoms with E-state index in [0.29, 0.717) is 17.6 Å². The van der Waals surface area contributed by atoms with Crippen molar-refractivity contribution >= 4 is 5.57 Å². The van der Waals surface area contributed by atoms with Gasteiger partial charge in [0.15, 0.2) is 0 Å². The van der Waals surface area contributed by atoms with Crippen molar-refractivity contribution in [3.05, 3.63) is 35.4 Å². The van der Waals surface area contributed by atoms with Crippen LogP contribution < -0.4 is 0 Å². The molecular formula is C15H20O. The van der Waals surface area contributed by atoms with Crippen LogP contribution in [0.3, 0.4) is 0 Å². The number of rotatable bonds is 1. The van der Waals surface area contributed by atoms with Crippen LogP contribution >= 0.6 is 0 Å². The zero-order chi connectivity index (χ0) is 11.9. The number of hydrogen-bond acceptors (Lipinski definition) is 1. The van der Waals surface area contributed by atoms with E-state index in [2.05, 4.69) is 26.5 Å². The van der Waals surface area contributed by atoms with Gasteiger partial charge in [0.1, 0.15) is 5.75 Å². The van der Waals surface area contributed by atoms with Gasteiger partial charge in [0, 0.05) is 0 Å². The van der Waals surface area contributed by atoms with Gasteiger partial charge in [-0.1, -0.05) is 26.5 Å². The van der Waals surface area contributed by atoms with E-state index in [1.807, 2.05) is 13.0 Å². The Hall–Kier alpha value is -1.24. The minimum atomic E-state index is 0.393. The predicted octanol–water partition coefficient (Wildman–Crippen LogP) is 4.25. The summed E-state index contributed by atoms with van der Waals surface area (Å²) in [5.41, 5.74) is 4.69. The molecule has 0 radical (unpaired) electrons. The van der Waals surface area contributed by atoms with E-state index in [0.717, 1.165) is 12.0 Å². The van der Waals surface area contributed by atoms with Crippen LogP contribution in [0.1, 0.15) is 49.3 Å². The molecule has 2 rings (SSSR count). The van der Waals surface area contributed by atoms with Gasteiger partial charge in [0.05, 0.1) is 0 Å². The van der Waals surface area contributed by atoms with E-state index in [1.165, 1.54) is 23.1 Å². The standard InChI is InChI=1S/C15H20O/c1-9(2)12-6-5-10(3)13-8-15(16)11(4)7-14(12)13/h7-9,12,16H,3,5-6H2,1-2,4H3. The van der Waals surface area contributed by atoms with Gasteiger partial charge in [0.25, 0.3) is 0 Å². The van der Waals surface area contributed by atoms with Crippen molar-refractivity contribution in [1.82, 2.24) is 0 Å². The summed E-state index contributed by atoms with van der Waals surface area (Å²) in [7, 11) is 0. The molecule has 16 heavy (non-hydrogen) atoms. The normalized spacial score (nSPS) is 20.0. The molecule has 1 atom stereocenters. The average molecular weight is 216 g/mol. The third kappa shape index (κ3) is 1.75.